The Hall–Kier alpha value is -7.83. The number of furan rings is 2. The third-order valence-corrected chi connectivity index (χ3v) is 10.6. The van der Waals surface area contributed by atoms with Crippen LogP contribution < -0.4 is 0 Å². The lowest BCUT2D eigenvalue weighted by molar-refractivity contribution is 0.669. The Labute approximate surface area is 334 Å². The first-order valence-corrected chi connectivity index (χ1v) is 18.5. The Kier molecular flexibility index (Phi) is 5.64. The van der Waals surface area contributed by atoms with Crippen molar-refractivity contribution in [3.8, 4) is 51.0 Å². The molecular weight excluding hydrogens is 701 g/mol. The fourth-order valence-corrected chi connectivity index (χ4v) is 7.96. The van der Waals surface area contributed by atoms with E-state index in [2.05, 4.69) is 6.07 Å². The molecule has 6 heteroatoms. The van der Waals surface area contributed by atoms with E-state index in [1.807, 2.05) is 120 Å². The molecule has 12 rings (SSSR count). The van der Waals surface area contributed by atoms with Crippen LogP contribution >= 0.6 is 0 Å². The first-order chi connectivity index (χ1) is 30.7. The molecule has 0 unspecified atom stereocenters. The molecule has 0 bridgehead atoms. The maximum atomic E-state index is 9.71. The van der Waals surface area contributed by atoms with Gasteiger partial charge in [0.05, 0.1) is 19.3 Å². The van der Waals surface area contributed by atoms with Crippen LogP contribution in [0.1, 0.15) is 8.22 Å². The van der Waals surface area contributed by atoms with Crippen molar-refractivity contribution in [3.63, 3.8) is 0 Å². The van der Waals surface area contributed by atoms with Crippen molar-refractivity contribution >= 4 is 65.7 Å². The molecule has 4 aromatic heterocycles. The second kappa shape index (κ2) is 12.3. The molecule has 0 spiro atoms. The van der Waals surface area contributed by atoms with E-state index in [9.17, 15) is 4.11 Å². The third-order valence-electron chi connectivity index (χ3n) is 10.6. The molecule has 0 atom stereocenters. The fraction of sp³-hybridized carbons (Fsp3) is 0. The number of hydrogen-bond acceptors (Lipinski definition) is 5. The summed E-state index contributed by atoms with van der Waals surface area (Å²) in [5, 5.41) is 4.06. The quantitative estimate of drug-likeness (QED) is 0.176. The molecule has 0 aliphatic carbocycles. The molecule has 0 N–H and O–H groups in total. The van der Waals surface area contributed by atoms with Crippen molar-refractivity contribution in [3.05, 3.63) is 182 Å². The minimum atomic E-state index is -0.346. The molecule has 0 fully saturated rings. The number of rotatable bonds is 5. The van der Waals surface area contributed by atoms with Gasteiger partial charge in [-0.1, -0.05) is 133 Å². The zero-order chi connectivity index (χ0) is 42.7. The zero-order valence-corrected chi connectivity index (χ0v) is 30.0. The number of para-hydroxylation sites is 2. The van der Waals surface area contributed by atoms with Gasteiger partial charge in [0.1, 0.15) is 22.3 Å². The molecule has 266 valence electrons. The molecule has 0 saturated carbocycles. The van der Waals surface area contributed by atoms with Gasteiger partial charge in [0.15, 0.2) is 11.6 Å². The van der Waals surface area contributed by atoms with Gasteiger partial charge in [-0.25, -0.2) is 4.98 Å². The summed E-state index contributed by atoms with van der Waals surface area (Å²) in [4.78, 5) is 15.2. The summed E-state index contributed by atoms with van der Waals surface area (Å²) in [6, 6.07) is 45.0. The number of benzene rings is 8. The highest BCUT2D eigenvalue weighted by atomic mass is 16.3. The average molecular weight is 737 g/mol. The Balaban J connectivity index is 1.17. The van der Waals surface area contributed by atoms with Crippen LogP contribution in [0.25, 0.3) is 117 Å². The van der Waals surface area contributed by atoms with Crippen molar-refractivity contribution in [2.75, 3.05) is 0 Å². The van der Waals surface area contributed by atoms with Crippen LogP contribution in [0.2, 0.25) is 0 Å². The summed E-state index contributed by atoms with van der Waals surface area (Å²) in [6.45, 7) is 0. The van der Waals surface area contributed by atoms with Gasteiger partial charge in [-0.3, -0.25) is 4.57 Å². The Morgan fingerprint density at radius 3 is 1.98 bits per heavy atom. The van der Waals surface area contributed by atoms with E-state index in [1.165, 1.54) is 0 Å². The van der Waals surface area contributed by atoms with Crippen LogP contribution in [0.15, 0.2) is 191 Å². The Morgan fingerprint density at radius 1 is 0.421 bits per heavy atom. The third kappa shape index (κ3) is 5.01. The van der Waals surface area contributed by atoms with Crippen LogP contribution in [0.4, 0.5) is 0 Å². The van der Waals surface area contributed by atoms with E-state index in [0.29, 0.717) is 16.7 Å². The smallest absolute Gasteiger partial charge is 0.238 e. The maximum Gasteiger partial charge on any atom is 0.238 e. The summed E-state index contributed by atoms with van der Waals surface area (Å²) in [7, 11) is 0. The molecule has 6 nitrogen and oxygen atoms in total. The van der Waals surface area contributed by atoms with Crippen molar-refractivity contribution in [2.45, 2.75) is 0 Å². The van der Waals surface area contributed by atoms with Gasteiger partial charge >= 0.3 is 0 Å². The first kappa shape index (κ1) is 26.1. The molecular formula is C51H30N4O2. The van der Waals surface area contributed by atoms with E-state index in [-0.39, 0.29) is 81.4 Å². The van der Waals surface area contributed by atoms with Gasteiger partial charge in [-0.2, -0.15) is 9.97 Å². The predicted octanol–water partition coefficient (Wildman–Crippen LogP) is 13.4. The largest absolute Gasteiger partial charge is 0.456 e. The maximum absolute atomic E-state index is 9.71. The van der Waals surface area contributed by atoms with Gasteiger partial charge in [0.2, 0.25) is 5.95 Å². The number of fused-ring (bicyclic) bond motifs is 9. The van der Waals surface area contributed by atoms with Crippen LogP contribution in [-0.2, 0) is 0 Å². The van der Waals surface area contributed by atoms with Crippen LogP contribution in [0.5, 0.6) is 0 Å². The Bertz CT molecular complexity index is 3880. The summed E-state index contributed by atoms with van der Waals surface area (Å²) in [5.74, 6) is 0.482. The van der Waals surface area contributed by atoms with E-state index >= 15 is 0 Å². The summed E-state index contributed by atoms with van der Waals surface area (Å²) in [5.41, 5.74) is 6.41. The molecule has 8 aromatic carbocycles. The van der Waals surface area contributed by atoms with Crippen molar-refractivity contribution < 1.29 is 17.1 Å². The summed E-state index contributed by atoms with van der Waals surface area (Å²) < 4.78 is 69.9. The van der Waals surface area contributed by atoms with Gasteiger partial charge in [0, 0.05) is 43.4 Å². The molecule has 12 aromatic rings. The van der Waals surface area contributed by atoms with E-state index in [4.69, 9.17) is 27.9 Å². The fourth-order valence-electron chi connectivity index (χ4n) is 7.96. The van der Waals surface area contributed by atoms with E-state index in [1.54, 1.807) is 24.3 Å². The normalized spacial score (nSPS) is 13.3. The molecule has 0 saturated heterocycles. The molecule has 0 aliphatic rings. The van der Waals surface area contributed by atoms with Crippen molar-refractivity contribution in [1.29, 1.82) is 0 Å². The highest BCUT2D eigenvalue weighted by Gasteiger charge is 2.21. The lowest BCUT2D eigenvalue weighted by Gasteiger charge is -2.12. The molecule has 0 aliphatic heterocycles. The number of nitrogens with zero attached hydrogens (tertiary/aromatic N) is 4. The number of hydrogen-bond donors (Lipinski definition) is 0. The van der Waals surface area contributed by atoms with Crippen molar-refractivity contribution in [2.24, 2.45) is 0 Å². The van der Waals surface area contributed by atoms with Crippen LogP contribution in [0.3, 0.4) is 0 Å². The van der Waals surface area contributed by atoms with Gasteiger partial charge in [0.25, 0.3) is 0 Å². The van der Waals surface area contributed by atoms with Crippen LogP contribution in [-0.4, -0.2) is 19.5 Å². The predicted molar refractivity (Wildman–Crippen MR) is 230 cm³/mol. The minimum absolute atomic E-state index is 0.0246. The summed E-state index contributed by atoms with van der Waals surface area (Å²) in [6.07, 6.45) is 0. The van der Waals surface area contributed by atoms with E-state index in [0.717, 1.165) is 54.9 Å². The highest BCUT2D eigenvalue weighted by molar-refractivity contribution is 6.17. The lowest BCUT2D eigenvalue weighted by atomic mass is 9.99. The molecule has 0 amide bonds. The van der Waals surface area contributed by atoms with Crippen molar-refractivity contribution in [1.82, 2.24) is 19.5 Å². The standard InChI is InChI=1S/C51H30N4O2/c1-3-13-31(14-4-1)33-17-11-18-34(27-33)49-52-50(35-25-26-39-46(28-35)57-45-24-12-21-36(48(39)45)32-15-5-2-6-16-32)54-51(53-49)55-42-22-9-7-19-37(42)40-30-47-41(29-43(40)55)38-20-8-10-23-44(38)56-47/h1-30H/i12D,21D,24D,25D,26D,28D. The topological polar surface area (TPSA) is 69.9 Å². The van der Waals surface area contributed by atoms with Gasteiger partial charge in [-0.15, -0.1) is 0 Å². The van der Waals surface area contributed by atoms with Crippen LogP contribution in [0, 0.1) is 0 Å². The average Bonchev–Trinajstić information content (AvgIpc) is 4.00. The second-order valence-electron chi connectivity index (χ2n) is 13.9. The van der Waals surface area contributed by atoms with Gasteiger partial charge < -0.3 is 8.83 Å². The molecule has 57 heavy (non-hydrogen) atoms. The van der Waals surface area contributed by atoms with E-state index < -0.39 is 0 Å². The first-order valence-electron chi connectivity index (χ1n) is 21.5. The minimum Gasteiger partial charge on any atom is -0.456 e. The SMILES string of the molecule is [2H]c1c([2H])c(-c2ccccc2)c2c(oc3c([2H])c(-c4nc(-c5cccc(-c6ccccc6)c5)nc(-n5c6ccccc6c6cc7oc8ccccc8c7cc65)n4)c([2H])c([2H])c32)c1[2H]. The highest BCUT2D eigenvalue weighted by Crippen LogP contribution is 2.40. The zero-order valence-electron chi connectivity index (χ0n) is 36.0. The number of aromatic nitrogens is 4. The monoisotopic (exact) mass is 736 g/mol. The van der Waals surface area contributed by atoms with Gasteiger partial charge in [-0.05, 0) is 70.7 Å². The molecule has 4 heterocycles. The lowest BCUT2D eigenvalue weighted by Crippen LogP contribution is -2.06. The second-order valence-corrected chi connectivity index (χ2v) is 13.9. The Morgan fingerprint density at radius 2 is 1.12 bits per heavy atom. The summed E-state index contributed by atoms with van der Waals surface area (Å²) >= 11 is 0. The molecule has 0 radical (unpaired) electrons.